The average molecular weight is 348 g/mol. The van der Waals surface area contributed by atoms with Crippen molar-refractivity contribution in [3.05, 3.63) is 71.5 Å². The highest BCUT2D eigenvalue weighted by molar-refractivity contribution is 5.43. The number of para-hydroxylation sites is 1. The zero-order valence-electron chi connectivity index (χ0n) is 15.4. The summed E-state index contributed by atoms with van der Waals surface area (Å²) < 4.78 is 7.55. The summed E-state index contributed by atoms with van der Waals surface area (Å²) >= 11 is 0. The van der Waals surface area contributed by atoms with Crippen LogP contribution in [0.4, 0.5) is 5.95 Å². The molecule has 5 heteroatoms. The third-order valence-electron chi connectivity index (χ3n) is 5.13. The number of hydrogen-bond donors (Lipinski definition) is 1. The lowest BCUT2D eigenvalue weighted by Gasteiger charge is -2.32. The van der Waals surface area contributed by atoms with Crippen molar-refractivity contribution in [2.75, 3.05) is 12.4 Å². The van der Waals surface area contributed by atoms with Gasteiger partial charge in [-0.3, -0.25) is 0 Å². The van der Waals surface area contributed by atoms with Gasteiger partial charge in [0, 0.05) is 5.56 Å². The lowest BCUT2D eigenvalue weighted by Crippen LogP contribution is -2.28. The molecule has 2 heterocycles. The SMILES string of the molecule is COc1ccccc1C1CC(c2ccc(C(C)C)cc2)Nc2ncnn21. The minimum atomic E-state index is 0.0830. The fraction of sp³-hybridized carbons (Fsp3) is 0.333. The molecule has 0 bridgehead atoms. The predicted molar refractivity (Wildman–Crippen MR) is 103 cm³/mol. The van der Waals surface area contributed by atoms with Crippen LogP contribution in [-0.4, -0.2) is 21.9 Å². The molecule has 0 radical (unpaired) electrons. The van der Waals surface area contributed by atoms with Crippen molar-refractivity contribution in [3.8, 4) is 5.75 Å². The van der Waals surface area contributed by atoms with Crippen molar-refractivity contribution in [2.24, 2.45) is 0 Å². The number of anilines is 1. The molecule has 1 N–H and O–H groups in total. The summed E-state index contributed by atoms with van der Waals surface area (Å²) in [6.45, 7) is 4.43. The molecule has 4 rings (SSSR count). The van der Waals surface area contributed by atoms with E-state index in [-0.39, 0.29) is 12.1 Å². The summed E-state index contributed by atoms with van der Waals surface area (Å²) in [5, 5.41) is 7.97. The number of ether oxygens (including phenoxy) is 1. The van der Waals surface area contributed by atoms with E-state index in [1.165, 1.54) is 11.1 Å². The Labute approximate surface area is 154 Å². The number of fused-ring (bicyclic) bond motifs is 1. The third-order valence-corrected chi connectivity index (χ3v) is 5.13. The number of rotatable bonds is 4. The van der Waals surface area contributed by atoms with Crippen molar-refractivity contribution in [1.29, 1.82) is 0 Å². The van der Waals surface area contributed by atoms with Gasteiger partial charge < -0.3 is 10.1 Å². The van der Waals surface area contributed by atoms with Gasteiger partial charge in [-0.15, -0.1) is 0 Å². The number of hydrogen-bond acceptors (Lipinski definition) is 4. The molecule has 5 nitrogen and oxygen atoms in total. The van der Waals surface area contributed by atoms with Crippen molar-refractivity contribution < 1.29 is 4.74 Å². The van der Waals surface area contributed by atoms with Gasteiger partial charge in [-0.05, 0) is 29.5 Å². The highest BCUT2D eigenvalue weighted by Crippen LogP contribution is 2.40. The van der Waals surface area contributed by atoms with E-state index in [1.807, 2.05) is 22.9 Å². The standard InChI is InChI=1S/C21H24N4O/c1-14(2)15-8-10-16(11-9-15)18-12-19(25-21(24-18)22-13-23-25)17-6-4-5-7-20(17)26-3/h4-11,13-14,18-19H,12H2,1-3H3,(H,22,23,24). The Morgan fingerprint density at radius 3 is 2.62 bits per heavy atom. The second-order valence-electron chi connectivity index (χ2n) is 7.04. The highest BCUT2D eigenvalue weighted by atomic mass is 16.5. The number of nitrogens with zero attached hydrogens (tertiary/aromatic N) is 3. The second kappa shape index (κ2) is 6.83. The van der Waals surface area contributed by atoms with Gasteiger partial charge in [0.05, 0.1) is 19.2 Å². The fourth-order valence-electron chi connectivity index (χ4n) is 3.65. The first-order chi connectivity index (χ1) is 12.7. The van der Waals surface area contributed by atoms with Gasteiger partial charge in [0.1, 0.15) is 12.1 Å². The first-order valence-corrected chi connectivity index (χ1v) is 9.06. The molecule has 0 amide bonds. The number of benzene rings is 2. The Kier molecular flexibility index (Phi) is 4.37. The van der Waals surface area contributed by atoms with E-state index in [9.17, 15) is 0 Å². The molecule has 0 aliphatic carbocycles. The Balaban J connectivity index is 1.70. The molecule has 1 aliphatic rings. The summed E-state index contributed by atoms with van der Waals surface area (Å²) in [7, 11) is 1.71. The molecule has 2 unspecified atom stereocenters. The number of methoxy groups -OCH3 is 1. The van der Waals surface area contributed by atoms with Crippen LogP contribution in [0.5, 0.6) is 5.75 Å². The van der Waals surface area contributed by atoms with Crippen molar-refractivity contribution >= 4 is 5.95 Å². The first kappa shape index (κ1) is 16.6. The summed E-state index contributed by atoms with van der Waals surface area (Å²) in [6.07, 6.45) is 2.49. The fourth-order valence-corrected chi connectivity index (χ4v) is 3.65. The van der Waals surface area contributed by atoms with E-state index in [1.54, 1.807) is 13.4 Å². The average Bonchev–Trinajstić information content (AvgIpc) is 3.16. The van der Waals surface area contributed by atoms with Gasteiger partial charge in [0.15, 0.2) is 0 Å². The van der Waals surface area contributed by atoms with E-state index in [4.69, 9.17) is 4.74 Å². The van der Waals surface area contributed by atoms with Crippen molar-refractivity contribution in [2.45, 2.75) is 38.3 Å². The molecule has 0 fully saturated rings. The first-order valence-electron chi connectivity index (χ1n) is 9.06. The van der Waals surface area contributed by atoms with Gasteiger partial charge in [-0.1, -0.05) is 56.3 Å². The smallest absolute Gasteiger partial charge is 0.222 e. The van der Waals surface area contributed by atoms with Crippen LogP contribution in [0.15, 0.2) is 54.9 Å². The van der Waals surface area contributed by atoms with Crippen molar-refractivity contribution in [1.82, 2.24) is 14.8 Å². The minimum absolute atomic E-state index is 0.0830. The molecule has 134 valence electrons. The van der Waals surface area contributed by atoms with Crippen LogP contribution >= 0.6 is 0 Å². The van der Waals surface area contributed by atoms with E-state index in [0.717, 1.165) is 23.7 Å². The summed E-state index contributed by atoms with van der Waals surface area (Å²) in [5.74, 6) is 2.22. The Bertz CT molecular complexity index is 885. The molecular weight excluding hydrogens is 324 g/mol. The Morgan fingerprint density at radius 2 is 1.88 bits per heavy atom. The largest absolute Gasteiger partial charge is 0.496 e. The van der Waals surface area contributed by atoms with Crippen LogP contribution in [0.1, 0.15) is 55.0 Å². The Morgan fingerprint density at radius 1 is 1.12 bits per heavy atom. The minimum Gasteiger partial charge on any atom is -0.496 e. The van der Waals surface area contributed by atoms with Gasteiger partial charge in [-0.2, -0.15) is 10.1 Å². The number of aromatic nitrogens is 3. The van der Waals surface area contributed by atoms with Crippen molar-refractivity contribution in [3.63, 3.8) is 0 Å². The van der Waals surface area contributed by atoms with Gasteiger partial charge in [0.2, 0.25) is 5.95 Å². The van der Waals surface area contributed by atoms with E-state index >= 15 is 0 Å². The van der Waals surface area contributed by atoms with Gasteiger partial charge in [0.25, 0.3) is 0 Å². The number of nitrogens with one attached hydrogen (secondary N) is 1. The van der Waals surface area contributed by atoms with Gasteiger partial charge >= 0.3 is 0 Å². The zero-order valence-corrected chi connectivity index (χ0v) is 15.4. The van der Waals surface area contributed by atoms with Crippen LogP contribution in [0.2, 0.25) is 0 Å². The van der Waals surface area contributed by atoms with Crippen LogP contribution in [-0.2, 0) is 0 Å². The molecule has 26 heavy (non-hydrogen) atoms. The summed E-state index contributed by atoms with van der Waals surface area (Å²) in [4.78, 5) is 4.41. The van der Waals surface area contributed by atoms with E-state index < -0.39 is 0 Å². The maximum absolute atomic E-state index is 5.59. The lowest BCUT2D eigenvalue weighted by molar-refractivity contribution is 0.380. The topological polar surface area (TPSA) is 52.0 Å². The quantitative estimate of drug-likeness (QED) is 0.751. The van der Waals surface area contributed by atoms with Gasteiger partial charge in [-0.25, -0.2) is 4.68 Å². The molecule has 0 spiro atoms. The third kappa shape index (κ3) is 2.94. The molecule has 1 aromatic heterocycles. The highest BCUT2D eigenvalue weighted by Gasteiger charge is 2.31. The monoisotopic (exact) mass is 348 g/mol. The maximum atomic E-state index is 5.59. The normalized spacial score (nSPS) is 19.1. The Hall–Kier alpha value is -2.82. The molecule has 1 aliphatic heterocycles. The second-order valence-corrected chi connectivity index (χ2v) is 7.04. The molecule has 3 aromatic rings. The predicted octanol–water partition coefficient (Wildman–Crippen LogP) is 4.56. The molecule has 2 aromatic carbocycles. The van der Waals surface area contributed by atoms with Crippen LogP contribution in [0.25, 0.3) is 0 Å². The lowest BCUT2D eigenvalue weighted by atomic mass is 9.91. The summed E-state index contributed by atoms with van der Waals surface area (Å²) in [6, 6.07) is 17.3. The van der Waals surface area contributed by atoms with Crippen LogP contribution < -0.4 is 10.1 Å². The molecule has 2 atom stereocenters. The zero-order chi connectivity index (χ0) is 18.1. The molecular formula is C21H24N4O. The van der Waals surface area contributed by atoms with Crippen LogP contribution in [0, 0.1) is 0 Å². The molecule has 0 saturated carbocycles. The van der Waals surface area contributed by atoms with E-state index in [0.29, 0.717) is 5.92 Å². The summed E-state index contributed by atoms with van der Waals surface area (Å²) in [5.41, 5.74) is 3.75. The maximum Gasteiger partial charge on any atom is 0.222 e. The molecule has 0 saturated heterocycles. The van der Waals surface area contributed by atoms with Crippen LogP contribution in [0.3, 0.4) is 0 Å². The van der Waals surface area contributed by atoms with E-state index in [2.05, 4.69) is 59.6 Å².